The van der Waals surface area contributed by atoms with Crippen molar-refractivity contribution in [3.63, 3.8) is 0 Å². The van der Waals surface area contributed by atoms with Gasteiger partial charge in [-0.2, -0.15) is 0 Å². The normalized spacial score (nSPS) is 12.0. The molecule has 0 fully saturated rings. The van der Waals surface area contributed by atoms with E-state index in [4.69, 9.17) is 9.47 Å². The van der Waals surface area contributed by atoms with Gasteiger partial charge >= 0.3 is 0 Å². The molecule has 0 heterocycles. The Hall–Kier alpha value is -3.02. The molecule has 2 amide bonds. The van der Waals surface area contributed by atoms with Gasteiger partial charge in [0.1, 0.15) is 0 Å². The molecule has 0 aromatic heterocycles. The largest absolute Gasteiger partial charge is 0.493 e. The smallest absolute Gasteiger partial charge is 0.265 e. The molecule has 0 saturated carbocycles. The maximum atomic E-state index is 12.4. The van der Waals surface area contributed by atoms with E-state index >= 15 is 0 Å². The van der Waals surface area contributed by atoms with Crippen molar-refractivity contribution in [2.24, 2.45) is 5.41 Å². The Bertz CT molecular complexity index is 812. The van der Waals surface area contributed by atoms with Crippen molar-refractivity contribution >= 4 is 23.2 Å². The molecule has 2 aromatic rings. The van der Waals surface area contributed by atoms with E-state index in [1.165, 1.54) is 0 Å². The molecule has 0 radical (unpaired) electrons. The molecule has 0 saturated heterocycles. The topological polar surface area (TPSA) is 76.7 Å². The molecule has 0 aliphatic carbocycles. The lowest BCUT2D eigenvalue weighted by atomic mass is 9.95. The molecule has 0 spiro atoms. The number of nitrogens with one attached hydrogen (secondary N) is 2. The van der Waals surface area contributed by atoms with Crippen LogP contribution >= 0.6 is 0 Å². The van der Waals surface area contributed by atoms with Crippen LogP contribution in [0.25, 0.3) is 0 Å². The van der Waals surface area contributed by atoms with Crippen molar-refractivity contribution < 1.29 is 19.1 Å². The van der Waals surface area contributed by atoms with Gasteiger partial charge in [-0.1, -0.05) is 39.0 Å². The molecule has 2 N–H and O–H groups in total. The monoisotopic (exact) mass is 370 g/mol. The zero-order valence-corrected chi connectivity index (χ0v) is 16.3. The third kappa shape index (κ3) is 5.74. The van der Waals surface area contributed by atoms with E-state index in [1.807, 2.05) is 32.9 Å². The zero-order chi connectivity index (χ0) is 20.0. The van der Waals surface area contributed by atoms with E-state index in [1.54, 1.807) is 50.4 Å². The Morgan fingerprint density at radius 1 is 0.926 bits per heavy atom. The second-order valence-electron chi connectivity index (χ2n) is 7.19. The van der Waals surface area contributed by atoms with Crippen LogP contribution in [-0.2, 0) is 9.59 Å². The number of hydrogen-bond acceptors (Lipinski definition) is 4. The average molecular weight is 370 g/mol. The van der Waals surface area contributed by atoms with E-state index in [0.29, 0.717) is 22.9 Å². The van der Waals surface area contributed by atoms with Gasteiger partial charge in [0.05, 0.1) is 7.11 Å². The summed E-state index contributed by atoms with van der Waals surface area (Å²) in [6.45, 7) is 7.17. The predicted molar refractivity (Wildman–Crippen MR) is 106 cm³/mol. The maximum absolute atomic E-state index is 12.4. The molecule has 27 heavy (non-hydrogen) atoms. The fourth-order valence-electron chi connectivity index (χ4n) is 2.20. The Labute approximate surface area is 159 Å². The van der Waals surface area contributed by atoms with Gasteiger partial charge in [-0.05, 0) is 37.3 Å². The quantitative estimate of drug-likeness (QED) is 0.803. The number of carbonyl (C=O) groups is 2. The van der Waals surface area contributed by atoms with Gasteiger partial charge in [0.2, 0.25) is 5.91 Å². The average Bonchev–Trinajstić information content (AvgIpc) is 2.61. The lowest BCUT2D eigenvalue weighted by molar-refractivity contribution is -0.123. The van der Waals surface area contributed by atoms with Crippen molar-refractivity contribution in [2.45, 2.75) is 33.8 Å². The van der Waals surface area contributed by atoms with E-state index in [0.717, 1.165) is 0 Å². The van der Waals surface area contributed by atoms with Crippen LogP contribution in [0, 0.1) is 5.41 Å². The maximum Gasteiger partial charge on any atom is 0.265 e. The minimum Gasteiger partial charge on any atom is -0.493 e. The first-order valence-electron chi connectivity index (χ1n) is 8.73. The highest BCUT2D eigenvalue weighted by Crippen LogP contribution is 2.27. The summed E-state index contributed by atoms with van der Waals surface area (Å²) in [5.74, 6) is 0.650. The van der Waals surface area contributed by atoms with Crippen molar-refractivity contribution in [3.8, 4) is 11.5 Å². The van der Waals surface area contributed by atoms with E-state index in [2.05, 4.69) is 10.6 Å². The first-order chi connectivity index (χ1) is 12.7. The standard InChI is InChI=1S/C21H26N2O4/c1-14(27-18-12-7-6-11-17(18)26-5)19(24)22-15-9-8-10-16(13-15)23-20(25)21(2,3)4/h6-14H,1-5H3,(H,22,24)(H,23,25). The molecular weight excluding hydrogens is 344 g/mol. The van der Waals surface area contributed by atoms with Gasteiger partial charge in [0.15, 0.2) is 17.6 Å². The van der Waals surface area contributed by atoms with Crippen LogP contribution in [0.1, 0.15) is 27.7 Å². The third-order valence-electron chi connectivity index (χ3n) is 3.81. The molecule has 6 nitrogen and oxygen atoms in total. The Kier molecular flexibility index (Phi) is 6.45. The molecule has 2 aromatic carbocycles. The first kappa shape index (κ1) is 20.3. The van der Waals surface area contributed by atoms with Gasteiger partial charge in [-0.25, -0.2) is 0 Å². The van der Waals surface area contributed by atoms with Gasteiger partial charge in [-0.3, -0.25) is 9.59 Å². The predicted octanol–water partition coefficient (Wildman–Crippen LogP) is 4.09. The van der Waals surface area contributed by atoms with Crippen LogP contribution in [0.3, 0.4) is 0 Å². The van der Waals surface area contributed by atoms with E-state index in [-0.39, 0.29) is 11.8 Å². The summed E-state index contributed by atoms with van der Waals surface area (Å²) in [6.07, 6.45) is -0.728. The summed E-state index contributed by atoms with van der Waals surface area (Å²) >= 11 is 0. The van der Waals surface area contributed by atoms with Crippen LogP contribution in [-0.4, -0.2) is 25.0 Å². The van der Waals surface area contributed by atoms with Crippen molar-refractivity contribution in [3.05, 3.63) is 48.5 Å². The Morgan fingerprint density at radius 3 is 2.11 bits per heavy atom. The minimum atomic E-state index is -0.728. The number of carbonyl (C=O) groups excluding carboxylic acids is 2. The van der Waals surface area contributed by atoms with Crippen LogP contribution in [0.5, 0.6) is 11.5 Å². The molecule has 2 rings (SSSR count). The number of amides is 2. The summed E-state index contributed by atoms with van der Waals surface area (Å²) in [5.41, 5.74) is 0.685. The van der Waals surface area contributed by atoms with Crippen molar-refractivity contribution in [2.75, 3.05) is 17.7 Å². The van der Waals surface area contributed by atoms with Crippen LogP contribution in [0.15, 0.2) is 48.5 Å². The SMILES string of the molecule is COc1ccccc1OC(C)C(=O)Nc1cccc(NC(=O)C(C)(C)C)c1. The van der Waals surface area contributed by atoms with Crippen LogP contribution in [0.4, 0.5) is 11.4 Å². The first-order valence-corrected chi connectivity index (χ1v) is 8.73. The van der Waals surface area contributed by atoms with Gasteiger partial charge in [0, 0.05) is 16.8 Å². The molecule has 0 bridgehead atoms. The van der Waals surface area contributed by atoms with Gasteiger partial charge in [-0.15, -0.1) is 0 Å². The molecule has 0 aliphatic heterocycles. The summed E-state index contributed by atoms with van der Waals surface area (Å²) in [4.78, 5) is 24.6. The number of benzene rings is 2. The fourth-order valence-corrected chi connectivity index (χ4v) is 2.20. The highest BCUT2D eigenvalue weighted by atomic mass is 16.5. The lowest BCUT2D eigenvalue weighted by Gasteiger charge is -2.19. The highest BCUT2D eigenvalue weighted by molar-refractivity contribution is 5.97. The van der Waals surface area contributed by atoms with E-state index in [9.17, 15) is 9.59 Å². The number of ether oxygens (including phenoxy) is 2. The molecule has 6 heteroatoms. The number of anilines is 2. The molecule has 0 aliphatic rings. The molecule has 1 unspecified atom stereocenters. The summed E-state index contributed by atoms with van der Waals surface area (Å²) in [7, 11) is 1.55. The number of rotatable bonds is 6. The lowest BCUT2D eigenvalue weighted by Crippen LogP contribution is -2.30. The fraction of sp³-hybridized carbons (Fsp3) is 0.333. The minimum absolute atomic E-state index is 0.0983. The van der Waals surface area contributed by atoms with E-state index < -0.39 is 11.5 Å². The zero-order valence-electron chi connectivity index (χ0n) is 16.3. The molecular formula is C21H26N2O4. The number of methoxy groups -OCH3 is 1. The van der Waals surface area contributed by atoms with Crippen molar-refractivity contribution in [1.82, 2.24) is 0 Å². The number of hydrogen-bond donors (Lipinski definition) is 2. The Balaban J connectivity index is 2.02. The highest BCUT2D eigenvalue weighted by Gasteiger charge is 2.21. The van der Waals surface area contributed by atoms with Gasteiger partial charge < -0.3 is 20.1 Å². The van der Waals surface area contributed by atoms with Crippen molar-refractivity contribution in [1.29, 1.82) is 0 Å². The second-order valence-corrected chi connectivity index (χ2v) is 7.19. The molecule has 144 valence electrons. The summed E-state index contributed by atoms with van der Waals surface area (Å²) in [5, 5.41) is 5.64. The summed E-state index contributed by atoms with van der Waals surface area (Å²) in [6, 6.07) is 14.1. The van der Waals surface area contributed by atoms with Crippen LogP contribution in [0.2, 0.25) is 0 Å². The number of para-hydroxylation sites is 2. The third-order valence-corrected chi connectivity index (χ3v) is 3.81. The second kappa shape index (κ2) is 8.58. The Morgan fingerprint density at radius 2 is 1.52 bits per heavy atom. The molecule has 1 atom stereocenters. The van der Waals surface area contributed by atoms with Gasteiger partial charge in [0.25, 0.3) is 5.91 Å². The van der Waals surface area contributed by atoms with Crippen LogP contribution < -0.4 is 20.1 Å². The summed E-state index contributed by atoms with van der Waals surface area (Å²) < 4.78 is 10.9.